The third kappa shape index (κ3) is 1.29. The maximum absolute atomic E-state index is 4.55. The molecule has 2 nitrogen and oxygen atoms in total. The van der Waals surface area contributed by atoms with Crippen molar-refractivity contribution < 1.29 is 0 Å². The van der Waals surface area contributed by atoms with E-state index in [-0.39, 0.29) is 0 Å². The van der Waals surface area contributed by atoms with Crippen LogP contribution in [0.15, 0.2) is 24.4 Å². The van der Waals surface area contributed by atoms with Crippen LogP contribution in [-0.4, -0.2) is 9.78 Å². The molecule has 1 aliphatic carbocycles. The molecular formula is C13H14N2. The molecule has 0 spiro atoms. The molecule has 0 unspecified atom stereocenters. The fourth-order valence-electron chi connectivity index (χ4n) is 2.35. The summed E-state index contributed by atoms with van der Waals surface area (Å²) in [5.74, 6) is 0. The summed E-state index contributed by atoms with van der Waals surface area (Å²) in [6.07, 6.45) is 4.41. The summed E-state index contributed by atoms with van der Waals surface area (Å²) in [5, 5.41) is 4.55. The van der Waals surface area contributed by atoms with Crippen LogP contribution in [0.25, 0.3) is 11.3 Å². The second-order valence-electron chi connectivity index (χ2n) is 4.34. The lowest BCUT2D eigenvalue weighted by Gasteiger charge is -2.15. The number of rotatable bonds is 0. The Morgan fingerprint density at radius 1 is 1.20 bits per heavy atom. The lowest BCUT2D eigenvalue weighted by atomic mass is 9.89. The number of hydrogen-bond acceptors (Lipinski definition) is 1. The molecule has 0 radical (unpaired) electrons. The van der Waals surface area contributed by atoms with E-state index in [1.54, 1.807) is 0 Å². The molecule has 0 aliphatic heterocycles. The molecule has 0 saturated carbocycles. The number of hydrogen-bond donors (Lipinski definition) is 0. The highest BCUT2D eigenvalue weighted by Gasteiger charge is 2.18. The van der Waals surface area contributed by atoms with Crippen molar-refractivity contribution in [2.45, 2.75) is 19.8 Å². The van der Waals surface area contributed by atoms with Crippen LogP contribution in [-0.2, 0) is 19.9 Å². The van der Waals surface area contributed by atoms with Gasteiger partial charge in [-0.2, -0.15) is 5.10 Å². The van der Waals surface area contributed by atoms with Crippen molar-refractivity contribution in [3.63, 3.8) is 0 Å². The van der Waals surface area contributed by atoms with Gasteiger partial charge in [-0.3, -0.25) is 4.68 Å². The Kier molecular flexibility index (Phi) is 1.72. The lowest BCUT2D eigenvalue weighted by molar-refractivity contribution is 0.770. The maximum Gasteiger partial charge on any atom is 0.0957 e. The Morgan fingerprint density at radius 2 is 2.00 bits per heavy atom. The van der Waals surface area contributed by atoms with Gasteiger partial charge in [-0.1, -0.05) is 17.7 Å². The molecule has 0 amide bonds. The van der Waals surface area contributed by atoms with Crippen LogP contribution in [0.5, 0.6) is 0 Å². The van der Waals surface area contributed by atoms with Gasteiger partial charge in [-0.25, -0.2) is 0 Å². The standard InChI is InChI=1S/C13H14N2/c1-9-3-4-10-5-6-11-8-15(2)14-13(11)12(10)7-9/h3-4,7-8H,5-6H2,1-2H3. The van der Waals surface area contributed by atoms with Gasteiger partial charge in [0.05, 0.1) is 5.69 Å². The Morgan fingerprint density at radius 3 is 2.87 bits per heavy atom. The highest BCUT2D eigenvalue weighted by Crippen LogP contribution is 2.32. The van der Waals surface area contributed by atoms with E-state index >= 15 is 0 Å². The van der Waals surface area contributed by atoms with Gasteiger partial charge in [-0.05, 0) is 37.0 Å². The SMILES string of the molecule is Cc1ccc2c(c1)-c1nn(C)cc1CC2. The van der Waals surface area contributed by atoms with Gasteiger partial charge >= 0.3 is 0 Å². The molecule has 15 heavy (non-hydrogen) atoms. The van der Waals surface area contributed by atoms with Crippen LogP contribution < -0.4 is 0 Å². The third-order valence-electron chi connectivity index (χ3n) is 3.09. The molecule has 0 saturated heterocycles. The van der Waals surface area contributed by atoms with Crippen LogP contribution >= 0.6 is 0 Å². The van der Waals surface area contributed by atoms with E-state index in [1.165, 1.54) is 27.9 Å². The largest absolute Gasteiger partial charge is 0.275 e. The zero-order valence-electron chi connectivity index (χ0n) is 9.12. The maximum atomic E-state index is 4.55. The number of nitrogens with zero attached hydrogens (tertiary/aromatic N) is 2. The number of aryl methyl sites for hydroxylation is 4. The first kappa shape index (κ1) is 8.72. The molecule has 76 valence electrons. The number of benzene rings is 1. The van der Waals surface area contributed by atoms with Gasteiger partial charge in [0, 0.05) is 18.8 Å². The molecule has 0 N–H and O–H groups in total. The second-order valence-corrected chi connectivity index (χ2v) is 4.34. The van der Waals surface area contributed by atoms with Crippen molar-refractivity contribution in [3.05, 3.63) is 41.1 Å². The van der Waals surface area contributed by atoms with Gasteiger partial charge in [0.25, 0.3) is 0 Å². The minimum atomic E-state index is 1.12. The van der Waals surface area contributed by atoms with Gasteiger partial charge < -0.3 is 0 Å². The minimum absolute atomic E-state index is 1.12. The summed E-state index contributed by atoms with van der Waals surface area (Å²) in [7, 11) is 1.99. The van der Waals surface area contributed by atoms with E-state index in [0.29, 0.717) is 0 Å². The predicted molar refractivity (Wildman–Crippen MR) is 60.8 cm³/mol. The Balaban J connectivity index is 2.27. The van der Waals surface area contributed by atoms with Crippen LogP contribution in [0.2, 0.25) is 0 Å². The molecule has 2 heteroatoms. The van der Waals surface area contributed by atoms with Gasteiger partial charge in [0.1, 0.15) is 0 Å². The molecule has 0 bridgehead atoms. The summed E-state index contributed by atoms with van der Waals surface area (Å²) < 4.78 is 1.92. The van der Waals surface area contributed by atoms with E-state index in [1.807, 2.05) is 11.7 Å². The molecule has 1 aliphatic rings. The average molecular weight is 198 g/mol. The van der Waals surface area contributed by atoms with Gasteiger partial charge in [-0.15, -0.1) is 0 Å². The quantitative estimate of drug-likeness (QED) is 0.636. The predicted octanol–water partition coefficient (Wildman–Crippen LogP) is 2.49. The Bertz CT molecular complexity index is 523. The van der Waals surface area contributed by atoms with E-state index in [2.05, 4.69) is 36.4 Å². The summed E-state index contributed by atoms with van der Waals surface area (Å²) in [4.78, 5) is 0. The monoisotopic (exact) mass is 198 g/mol. The zero-order chi connectivity index (χ0) is 10.4. The van der Waals surface area contributed by atoms with Crippen LogP contribution in [0.3, 0.4) is 0 Å². The lowest BCUT2D eigenvalue weighted by Crippen LogP contribution is -2.02. The smallest absolute Gasteiger partial charge is 0.0957 e. The van der Waals surface area contributed by atoms with E-state index < -0.39 is 0 Å². The van der Waals surface area contributed by atoms with Crippen molar-refractivity contribution in [1.29, 1.82) is 0 Å². The van der Waals surface area contributed by atoms with Crippen molar-refractivity contribution in [3.8, 4) is 11.3 Å². The molecular weight excluding hydrogens is 184 g/mol. The minimum Gasteiger partial charge on any atom is -0.275 e. The van der Waals surface area contributed by atoms with Crippen molar-refractivity contribution >= 4 is 0 Å². The molecule has 1 aromatic carbocycles. The molecule has 1 heterocycles. The Labute approximate surface area is 89.5 Å². The second kappa shape index (κ2) is 2.96. The topological polar surface area (TPSA) is 17.8 Å². The summed E-state index contributed by atoms with van der Waals surface area (Å²) in [5.41, 5.74) is 6.65. The van der Waals surface area contributed by atoms with Crippen LogP contribution in [0.1, 0.15) is 16.7 Å². The molecule has 0 fully saturated rings. The summed E-state index contributed by atoms with van der Waals surface area (Å²) >= 11 is 0. The van der Waals surface area contributed by atoms with E-state index in [0.717, 1.165) is 12.8 Å². The average Bonchev–Trinajstić information content (AvgIpc) is 2.58. The normalized spacial score (nSPS) is 13.5. The highest BCUT2D eigenvalue weighted by molar-refractivity contribution is 5.69. The van der Waals surface area contributed by atoms with Crippen LogP contribution in [0.4, 0.5) is 0 Å². The van der Waals surface area contributed by atoms with Gasteiger partial charge in [0.2, 0.25) is 0 Å². The van der Waals surface area contributed by atoms with Crippen molar-refractivity contribution in [2.75, 3.05) is 0 Å². The fourth-order valence-corrected chi connectivity index (χ4v) is 2.35. The number of aromatic nitrogens is 2. The van der Waals surface area contributed by atoms with Crippen molar-refractivity contribution in [2.24, 2.45) is 7.05 Å². The first-order valence-electron chi connectivity index (χ1n) is 5.36. The zero-order valence-corrected chi connectivity index (χ0v) is 9.12. The fraction of sp³-hybridized carbons (Fsp3) is 0.308. The van der Waals surface area contributed by atoms with Crippen LogP contribution in [0, 0.1) is 6.92 Å². The summed E-state index contributed by atoms with van der Waals surface area (Å²) in [6, 6.07) is 6.68. The van der Waals surface area contributed by atoms with E-state index in [9.17, 15) is 0 Å². The van der Waals surface area contributed by atoms with Crippen molar-refractivity contribution in [1.82, 2.24) is 9.78 Å². The van der Waals surface area contributed by atoms with Gasteiger partial charge in [0.15, 0.2) is 0 Å². The van der Waals surface area contributed by atoms with E-state index in [4.69, 9.17) is 0 Å². The molecule has 1 aromatic heterocycles. The first-order chi connectivity index (χ1) is 7.24. The third-order valence-corrected chi connectivity index (χ3v) is 3.09. The summed E-state index contributed by atoms with van der Waals surface area (Å²) in [6.45, 7) is 2.14. The molecule has 2 aromatic rings. The Hall–Kier alpha value is -1.57. The highest BCUT2D eigenvalue weighted by atomic mass is 15.3. The molecule has 3 rings (SSSR count). The number of fused-ring (bicyclic) bond motifs is 3. The molecule has 0 atom stereocenters. The first-order valence-corrected chi connectivity index (χ1v) is 5.36.